The van der Waals surface area contributed by atoms with Crippen molar-refractivity contribution in [3.63, 3.8) is 0 Å². The van der Waals surface area contributed by atoms with Gasteiger partial charge in [0.1, 0.15) is 0 Å². The van der Waals surface area contributed by atoms with Crippen molar-refractivity contribution in [3.05, 3.63) is 78.9 Å². The molecule has 0 heterocycles. The molecule has 0 aliphatic carbocycles. The van der Waals surface area contributed by atoms with Crippen molar-refractivity contribution in [1.29, 1.82) is 0 Å². The van der Waals surface area contributed by atoms with E-state index in [0.717, 1.165) is 11.1 Å². The first-order valence-electron chi connectivity index (χ1n) is 8.00. The van der Waals surface area contributed by atoms with Crippen molar-refractivity contribution >= 4 is 27.3 Å². The molecule has 5 nitrogen and oxygen atoms in total. The van der Waals surface area contributed by atoms with Gasteiger partial charge in [-0.1, -0.05) is 48.5 Å². The Kier molecular flexibility index (Phi) is 5.04. The van der Waals surface area contributed by atoms with Crippen LogP contribution in [-0.4, -0.2) is 14.3 Å². The van der Waals surface area contributed by atoms with Gasteiger partial charge in [-0.15, -0.1) is 0 Å². The lowest BCUT2D eigenvalue weighted by Crippen LogP contribution is -2.13. The van der Waals surface area contributed by atoms with E-state index < -0.39 is 10.0 Å². The molecule has 3 rings (SSSR count). The molecule has 6 heteroatoms. The molecule has 0 fully saturated rings. The van der Waals surface area contributed by atoms with Crippen molar-refractivity contribution in [1.82, 2.24) is 0 Å². The number of nitrogens with one attached hydrogen (secondary N) is 2. The topological polar surface area (TPSA) is 75.3 Å². The van der Waals surface area contributed by atoms with E-state index in [9.17, 15) is 13.2 Å². The minimum Gasteiger partial charge on any atom is -0.326 e. The molecule has 0 saturated heterocycles. The fraction of sp³-hybridized carbons (Fsp3) is 0.0500. The number of hydrogen-bond acceptors (Lipinski definition) is 3. The maximum atomic E-state index is 12.6. The Morgan fingerprint density at radius 3 is 2.04 bits per heavy atom. The van der Waals surface area contributed by atoms with Gasteiger partial charge in [-0.25, -0.2) is 8.42 Å². The molecule has 1 amide bonds. The Morgan fingerprint density at radius 1 is 0.769 bits per heavy atom. The van der Waals surface area contributed by atoms with E-state index >= 15 is 0 Å². The summed E-state index contributed by atoms with van der Waals surface area (Å²) in [5.41, 5.74) is 2.87. The van der Waals surface area contributed by atoms with Crippen LogP contribution in [0.3, 0.4) is 0 Å². The van der Waals surface area contributed by atoms with Crippen LogP contribution in [0.1, 0.15) is 6.92 Å². The molecule has 0 radical (unpaired) electrons. The van der Waals surface area contributed by atoms with E-state index in [-0.39, 0.29) is 10.8 Å². The Bertz CT molecular complexity index is 1010. The van der Waals surface area contributed by atoms with Crippen LogP contribution in [0.4, 0.5) is 11.4 Å². The molecule has 0 atom stereocenters. The van der Waals surface area contributed by atoms with Crippen molar-refractivity contribution in [2.24, 2.45) is 0 Å². The van der Waals surface area contributed by atoms with Crippen molar-refractivity contribution in [2.75, 3.05) is 10.0 Å². The predicted molar refractivity (Wildman–Crippen MR) is 103 cm³/mol. The van der Waals surface area contributed by atoms with Gasteiger partial charge in [0.05, 0.1) is 10.6 Å². The van der Waals surface area contributed by atoms with E-state index in [1.807, 2.05) is 30.3 Å². The summed E-state index contributed by atoms with van der Waals surface area (Å²) in [6, 6.07) is 23.0. The van der Waals surface area contributed by atoms with Crippen LogP contribution in [0.2, 0.25) is 0 Å². The number of hydrogen-bond donors (Lipinski definition) is 2. The molecule has 26 heavy (non-hydrogen) atoms. The van der Waals surface area contributed by atoms with E-state index in [2.05, 4.69) is 10.0 Å². The lowest BCUT2D eigenvalue weighted by Gasteiger charge is -2.10. The summed E-state index contributed by atoms with van der Waals surface area (Å²) in [4.78, 5) is 11.3. The number of benzene rings is 3. The SMILES string of the molecule is CC(=O)Nc1cccc(NS(=O)(=O)c2ccc(-c3ccccc3)cc2)c1. The lowest BCUT2D eigenvalue weighted by molar-refractivity contribution is -0.114. The predicted octanol–water partition coefficient (Wildman–Crippen LogP) is 4.11. The molecule has 3 aromatic rings. The first-order valence-corrected chi connectivity index (χ1v) is 9.48. The molecule has 0 saturated carbocycles. The third kappa shape index (κ3) is 4.29. The molecule has 2 N–H and O–H groups in total. The standard InChI is InChI=1S/C20H18N2O3S/c1-15(23)21-18-8-5-9-19(14-18)22-26(24,25)20-12-10-17(11-13-20)16-6-3-2-4-7-16/h2-14,22H,1H3,(H,21,23). The van der Waals surface area contributed by atoms with Gasteiger partial charge in [0.25, 0.3) is 10.0 Å². The smallest absolute Gasteiger partial charge is 0.261 e. The number of carbonyl (C=O) groups excluding carboxylic acids is 1. The summed E-state index contributed by atoms with van der Waals surface area (Å²) in [5, 5.41) is 2.62. The summed E-state index contributed by atoms with van der Waals surface area (Å²) in [6.07, 6.45) is 0. The van der Waals surface area contributed by atoms with Gasteiger partial charge in [-0.2, -0.15) is 0 Å². The molecule has 0 aliphatic heterocycles. The Labute approximate surface area is 152 Å². The Balaban J connectivity index is 1.81. The first kappa shape index (κ1) is 17.7. The van der Waals surface area contributed by atoms with Crippen LogP contribution in [-0.2, 0) is 14.8 Å². The second kappa shape index (κ2) is 7.41. The largest absolute Gasteiger partial charge is 0.326 e. The molecule has 0 spiro atoms. The lowest BCUT2D eigenvalue weighted by atomic mass is 10.1. The monoisotopic (exact) mass is 366 g/mol. The van der Waals surface area contributed by atoms with Gasteiger partial charge >= 0.3 is 0 Å². The van der Waals surface area contributed by atoms with Crippen LogP contribution < -0.4 is 10.0 Å². The summed E-state index contributed by atoms with van der Waals surface area (Å²) in [6.45, 7) is 1.39. The van der Waals surface area contributed by atoms with Crippen molar-refractivity contribution in [2.45, 2.75) is 11.8 Å². The van der Waals surface area contributed by atoms with Gasteiger partial charge < -0.3 is 5.32 Å². The molecule has 0 aliphatic rings. The van der Waals surface area contributed by atoms with E-state index in [0.29, 0.717) is 11.4 Å². The van der Waals surface area contributed by atoms with Crippen LogP contribution in [0, 0.1) is 0 Å². The maximum Gasteiger partial charge on any atom is 0.261 e. The zero-order valence-electron chi connectivity index (χ0n) is 14.1. The van der Waals surface area contributed by atoms with Crippen LogP contribution in [0.25, 0.3) is 11.1 Å². The van der Waals surface area contributed by atoms with Gasteiger partial charge in [-0.05, 0) is 41.5 Å². The van der Waals surface area contributed by atoms with Gasteiger partial charge in [0, 0.05) is 12.6 Å². The summed E-state index contributed by atoms with van der Waals surface area (Å²) in [5.74, 6) is -0.221. The fourth-order valence-electron chi connectivity index (χ4n) is 2.53. The third-order valence-corrected chi connectivity index (χ3v) is 5.10. The second-order valence-electron chi connectivity index (χ2n) is 5.76. The molecular weight excluding hydrogens is 348 g/mol. The molecule has 3 aromatic carbocycles. The Hall–Kier alpha value is -3.12. The fourth-order valence-corrected chi connectivity index (χ4v) is 3.58. The average molecular weight is 366 g/mol. The molecule has 0 unspecified atom stereocenters. The van der Waals surface area contributed by atoms with Crippen molar-refractivity contribution < 1.29 is 13.2 Å². The van der Waals surface area contributed by atoms with E-state index in [1.165, 1.54) is 6.92 Å². The van der Waals surface area contributed by atoms with Gasteiger partial charge in [-0.3, -0.25) is 9.52 Å². The van der Waals surface area contributed by atoms with Gasteiger partial charge in [0.15, 0.2) is 0 Å². The van der Waals surface area contributed by atoms with Crippen LogP contribution in [0.15, 0.2) is 83.8 Å². The zero-order chi connectivity index (χ0) is 18.6. The molecule has 0 aromatic heterocycles. The quantitative estimate of drug-likeness (QED) is 0.713. The first-order chi connectivity index (χ1) is 12.4. The highest BCUT2D eigenvalue weighted by Gasteiger charge is 2.14. The normalized spacial score (nSPS) is 11.0. The van der Waals surface area contributed by atoms with Crippen LogP contribution in [0.5, 0.6) is 0 Å². The highest BCUT2D eigenvalue weighted by atomic mass is 32.2. The second-order valence-corrected chi connectivity index (χ2v) is 7.44. The molecular formula is C20H18N2O3S. The zero-order valence-corrected chi connectivity index (χ0v) is 15.0. The minimum absolute atomic E-state index is 0.169. The summed E-state index contributed by atoms with van der Waals surface area (Å²) >= 11 is 0. The highest BCUT2D eigenvalue weighted by molar-refractivity contribution is 7.92. The van der Waals surface area contributed by atoms with Crippen LogP contribution >= 0.6 is 0 Å². The molecule has 0 bridgehead atoms. The third-order valence-electron chi connectivity index (χ3n) is 3.71. The highest BCUT2D eigenvalue weighted by Crippen LogP contribution is 2.23. The number of sulfonamides is 1. The minimum atomic E-state index is -3.72. The van der Waals surface area contributed by atoms with E-state index in [4.69, 9.17) is 0 Å². The van der Waals surface area contributed by atoms with Crippen molar-refractivity contribution in [3.8, 4) is 11.1 Å². The van der Waals surface area contributed by atoms with E-state index in [1.54, 1.807) is 48.5 Å². The average Bonchev–Trinajstić information content (AvgIpc) is 2.62. The Morgan fingerprint density at radius 2 is 1.38 bits per heavy atom. The van der Waals surface area contributed by atoms with Gasteiger partial charge in [0.2, 0.25) is 5.91 Å². The number of carbonyl (C=O) groups is 1. The maximum absolute atomic E-state index is 12.6. The number of amides is 1. The molecule has 132 valence electrons. The summed E-state index contributed by atoms with van der Waals surface area (Å²) < 4.78 is 27.7. The number of rotatable bonds is 5. The summed E-state index contributed by atoms with van der Waals surface area (Å²) in [7, 11) is -3.72. The number of anilines is 2.